The second-order valence-electron chi connectivity index (χ2n) is 5.33. The number of hydrogen-bond acceptors (Lipinski definition) is 3. The highest BCUT2D eigenvalue weighted by Gasteiger charge is 2.07. The molecule has 2 aromatic rings. The van der Waals surface area contributed by atoms with Crippen LogP contribution >= 0.6 is 0 Å². The van der Waals surface area contributed by atoms with Crippen molar-refractivity contribution in [3.8, 4) is 5.75 Å². The van der Waals surface area contributed by atoms with E-state index in [1.807, 2.05) is 37.3 Å². The Hall–Kier alpha value is -2.82. The molecule has 0 heterocycles. The molecule has 0 aliphatic carbocycles. The summed E-state index contributed by atoms with van der Waals surface area (Å²) < 4.78 is 5.67. The Balaban J connectivity index is 1.80. The van der Waals surface area contributed by atoms with Crippen molar-refractivity contribution in [2.45, 2.75) is 20.0 Å². The molecule has 0 spiro atoms. The summed E-state index contributed by atoms with van der Waals surface area (Å²) in [4.78, 5) is 23.4. The molecule has 0 radical (unpaired) electrons. The van der Waals surface area contributed by atoms with Crippen molar-refractivity contribution < 1.29 is 14.3 Å². The van der Waals surface area contributed by atoms with Crippen molar-refractivity contribution in [2.24, 2.45) is 0 Å². The van der Waals surface area contributed by atoms with E-state index in [4.69, 9.17) is 4.74 Å². The molecule has 0 aliphatic rings. The molecule has 0 saturated carbocycles. The van der Waals surface area contributed by atoms with Gasteiger partial charge in [0.2, 0.25) is 5.91 Å². The zero-order valence-electron chi connectivity index (χ0n) is 13.7. The summed E-state index contributed by atoms with van der Waals surface area (Å²) in [5.41, 5.74) is 1.57. The zero-order valence-corrected chi connectivity index (χ0v) is 13.7. The first kappa shape index (κ1) is 17.5. The van der Waals surface area contributed by atoms with Crippen LogP contribution in [-0.4, -0.2) is 24.9 Å². The maximum atomic E-state index is 12.0. The van der Waals surface area contributed by atoms with E-state index in [0.717, 1.165) is 12.0 Å². The van der Waals surface area contributed by atoms with Crippen LogP contribution in [0.3, 0.4) is 0 Å². The third kappa shape index (κ3) is 5.76. The molecule has 0 bridgehead atoms. The summed E-state index contributed by atoms with van der Waals surface area (Å²) in [6.45, 7) is 3.04. The summed E-state index contributed by atoms with van der Waals surface area (Å²) in [5, 5.41) is 5.30. The summed E-state index contributed by atoms with van der Waals surface area (Å²) >= 11 is 0. The van der Waals surface area contributed by atoms with Crippen LogP contribution < -0.4 is 15.4 Å². The average Bonchev–Trinajstić information content (AvgIpc) is 2.64. The lowest BCUT2D eigenvalue weighted by Gasteiger charge is -2.08. The predicted molar refractivity (Wildman–Crippen MR) is 92.8 cm³/mol. The van der Waals surface area contributed by atoms with Crippen molar-refractivity contribution in [3.05, 3.63) is 65.7 Å². The smallest absolute Gasteiger partial charge is 0.251 e. The SMILES string of the molecule is CCCNC(=O)CNC(=O)c1ccc(OCc2ccccc2)cc1. The number of rotatable bonds is 8. The normalized spacial score (nSPS) is 10.0. The van der Waals surface area contributed by atoms with E-state index in [1.165, 1.54) is 0 Å². The molecule has 0 aliphatic heterocycles. The van der Waals surface area contributed by atoms with E-state index in [1.54, 1.807) is 24.3 Å². The summed E-state index contributed by atoms with van der Waals surface area (Å²) in [5.74, 6) is 0.223. The lowest BCUT2D eigenvalue weighted by atomic mass is 10.2. The van der Waals surface area contributed by atoms with Crippen molar-refractivity contribution in [1.82, 2.24) is 10.6 Å². The first-order valence-electron chi connectivity index (χ1n) is 8.00. The highest BCUT2D eigenvalue weighted by atomic mass is 16.5. The van der Waals surface area contributed by atoms with Crippen molar-refractivity contribution in [2.75, 3.05) is 13.1 Å². The van der Waals surface area contributed by atoms with Crippen LogP contribution in [-0.2, 0) is 11.4 Å². The van der Waals surface area contributed by atoms with E-state index in [0.29, 0.717) is 24.5 Å². The quantitative estimate of drug-likeness (QED) is 0.783. The van der Waals surface area contributed by atoms with Gasteiger partial charge < -0.3 is 15.4 Å². The molecule has 2 amide bonds. The maximum absolute atomic E-state index is 12.0. The largest absolute Gasteiger partial charge is 0.489 e. The first-order valence-corrected chi connectivity index (χ1v) is 8.00. The molecule has 2 aromatic carbocycles. The van der Waals surface area contributed by atoms with Crippen LogP contribution in [0.25, 0.3) is 0 Å². The monoisotopic (exact) mass is 326 g/mol. The summed E-state index contributed by atoms with van der Waals surface area (Å²) in [6, 6.07) is 16.7. The molecular formula is C19H22N2O3. The van der Waals surface area contributed by atoms with Gasteiger partial charge >= 0.3 is 0 Å². The fourth-order valence-electron chi connectivity index (χ4n) is 2.03. The van der Waals surface area contributed by atoms with Crippen LogP contribution in [0.1, 0.15) is 29.3 Å². The van der Waals surface area contributed by atoms with E-state index >= 15 is 0 Å². The van der Waals surface area contributed by atoms with Gasteiger partial charge in [0.05, 0.1) is 6.54 Å². The molecule has 5 nitrogen and oxygen atoms in total. The number of amides is 2. The molecule has 0 aromatic heterocycles. The minimum Gasteiger partial charge on any atom is -0.489 e. The van der Waals surface area contributed by atoms with Crippen molar-refractivity contribution in [3.63, 3.8) is 0 Å². The van der Waals surface area contributed by atoms with Gasteiger partial charge in [0.1, 0.15) is 12.4 Å². The second-order valence-corrected chi connectivity index (χ2v) is 5.33. The number of carbonyl (C=O) groups excluding carboxylic acids is 2. The molecule has 0 saturated heterocycles. The Labute approximate surface area is 142 Å². The Morgan fingerprint density at radius 2 is 1.67 bits per heavy atom. The van der Waals surface area contributed by atoms with Crippen LogP contribution in [0.15, 0.2) is 54.6 Å². The lowest BCUT2D eigenvalue weighted by Crippen LogP contribution is -2.37. The van der Waals surface area contributed by atoms with E-state index < -0.39 is 0 Å². The van der Waals surface area contributed by atoms with Gasteiger partial charge in [-0.05, 0) is 36.2 Å². The van der Waals surface area contributed by atoms with Gasteiger partial charge in [0, 0.05) is 12.1 Å². The highest BCUT2D eigenvalue weighted by Crippen LogP contribution is 2.14. The predicted octanol–water partition coefficient (Wildman–Crippen LogP) is 2.52. The topological polar surface area (TPSA) is 67.4 Å². The van der Waals surface area contributed by atoms with Gasteiger partial charge in [-0.1, -0.05) is 37.3 Å². The molecular weight excluding hydrogens is 304 g/mol. The minimum absolute atomic E-state index is 0.0227. The van der Waals surface area contributed by atoms with Gasteiger partial charge in [-0.2, -0.15) is 0 Å². The highest BCUT2D eigenvalue weighted by molar-refractivity contribution is 5.96. The summed E-state index contributed by atoms with van der Waals surface area (Å²) in [6.07, 6.45) is 0.865. The fraction of sp³-hybridized carbons (Fsp3) is 0.263. The number of benzene rings is 2. The number of hydrogen-bond donors (Lipinski definition) is 2. The molecule has 0 fully saturated rings. The minimum atomic E-state index is -0.281. The number of nitrogens with one attached hydrogen (secondary N) is 2. The zero-order chi connectivity index (χ0) is 17.2. The Morgan fingerprint density at radius 3 is 2.33 bits per heavy atom. The van der Waals surface area contributed by atoms with E-state index in [-0.39, 0.29) is 18.4 Å². The molecule has 2 rings (SSSR count). The van der Waals surface area contributed by atoms with Gasteiger partial charge in [-0.3, -0.25) is 9.59 Å². The van der Waals surface area contributed by atoms with E-state index in [2.05, 4.69) is 10.6 Å². The molecule has 5 heteroatoms. The van der Waals surface area contributed by atoms with E-state index in [9.17, 15) is 9.59 Å². The Kier molecular flexibility index (Phi) is 6.83. The third-order valence-corrected chi connectivity index (χ3v) is 3.35. The maximum Gasteiger partial charge on any atom is 0.251 e. The molecule has 126 valence electrons. The van der Waals surface area contributed by atoms with Crippen LogP contribution in [0.2, 0.25) is 0 Å². The van der Waals surface area contributed by atoms with Crippen molar-refractivity contribution in [1.29, 1.82) is 0 Å². The first-order chi connectivity index (χ1) is 11.7. The molecule has 0 unspecified atom stereocenters. The van der Waals surface area contributed by atoms with Gasteiger partial charge in [0.15, 0.2) is 0 Å². The van der Waals surface area contributed by atoms with Gasteiger partial charge in [0.25, 0.3) is 5.91 Å². The molecule has 0 atom stereocenters. The standard InChI is InChI=1S/C19H22N2O3/c1-2-12-20-18(22)13-21-19(23)16-8-10-17(11-9-16)24-14-15-6-4-3-5-7-15/h3-11H,2,12-14H2,1H3,(H,20,22)(H,21,23). The van der Waals surface area contributed by atoms with Crippen molar-refractivity contribution >= 4 is 11.8 Å². The second kappa shape index (κ2) is 9.35. The number of carbonyl (C=O) groups is 2. The van der Waals surface area contributed by atoms with Gasteiger partial charge in [-0.25, -0.2) is 0 Å². The lowest BCUT2D eigenvalue weighted by molar-refractivity contribution is -0.120. The summed E-state index contributed by atoms with van der Waals surface area (Å²) in [7, 11) is 0. The van der Waals surface area contributed by atoms with Crippen LogP contribution in [0, 0.1) is 0 Å². The van der Waals surface area contributed by atoms with Crippen LogP contribution in [0.5, 0.6) is 5.75 Å². The average molecular weight is 326 g/mol. The number of ether oxygens (including phenoxy) is 1. The Bertz CT molecular complexity index is 654. The van der Waals surface area contributed by atoms with Gasteiger partial charge in [-0.15, -0.1) is 0 Å². The molecule has 2 N–H and O–H groups in total. The third-order valence-electron chi connectivity index (χ3n) is 3.35. The molecule has 24 heavy (non-hydrogen) atoms. The Morgan fingerprint density at radius 1 is 0.958 bits per heavy atom. The van der Waals surface area contributed by atoms with Crippen LogP contribution in [0.4, 0.5) is 0 Å². The fourth-order valence-corrected chi connectivity index (χ4v) is 2.03.